The number of rotatable bonds is 8. The monoisotopic (exact) mass is 641 g/mol. The molecule has 0 aromatic heterocycles. The summed E-state index contributed by atoms with van der Waals surface area (Å²) in [5, 5.41) is 36.3. The Morgan fingerprint density at radius 1 is 0.614 bits per heavy atom. The maximum Gasteiger partial charge on any atom is 0.159 e. The summed E-state index contributed by atoms with van der Waals surface area (Å²) in [7, 11) is 0. The van der Waals surface area contributed by atoms with Crippen LogP contribution in [0.3, 0.4) is 0 Å². The normalized spacial score (nSPS) is 11.8. The molecule has 2 atom stereocenters. The maximum atomic E-state index is 11.1. The zero-order chi connectivity index (χ0) is 31.8. The Morgan fingerprint density at radius 2 is 0.932 bits per heavy atom. The second kappa shape index (κ2) is 19.7. The summed E-state index contributed by atoms with van der Waals surface area (Å²) in [5.41, 5.74) is 4.13. The van der Waals surface area contributed by atoms with E-state index in [0.717, 1.165) is 11.4 Å². The van der Waals surface area contributed by atoms with Crippen molar-refractivity contribution >= 4 is 35.4 Å². The fraction of sp³-hybridized carbons (Fsp3) is 0.200. The number of aliphatic hydroxyl groups excluding tert-OH is 2. The quantitative estimate of drug-likeness (QED) is 0.123. The molecule has 4 aromatic rings. The minimum absolute atomic E-state index is 0. The Balaban J connectivity index is 0.000000357. The molecular formula is C35H38CoN2O6. The fourth-order valence-electron chi connectivity index (χ4n) is 3.54. The van der Waals surface area contributed by atoms with Gasteiger partial charge in [-0.05, 0) is 107 Å². The van der Waals surface area contributed by atoms with Crippen molar-refractivity contribution in [3.63, 3.8) is 0 Å². The van der Waals surface area contributed by atoms with E-state index in [1.807, 2.05) is 12.1 Å². The van der Waals surface area contributed by atoms with E-state index in [9.17, 15) is 19.8 Å². The number of aliphatic hydroxyl groups is 2. The fourth-order valence-corrected chi connectivity index (χ4v) is 3.54. The molecule has 2 unspecified atom stereocenters. The number of nitrogens with zero attached hydrogens (tertiary/aromatic N) is 2. The Bertz CT molecular complexity index is 1400. The van der Waals surface area contributed by atoms with Crippen LogP contribution in [0.15, 0.2) is 107 Å². The van der Waals surface area contributed by atoms with Crippen molar-refractivity contribution in [3.05, 3.63) is 119 Å². The Labute approximate surface area is 268 Å². The largest absolute Gasteiger partial charge is 0.507 e. The molecule has 0 fully saturated rings. The van der Waals surface area contributed by atoms with E-state index in [0.29, 0.717) is 28.7 Å². The van der Waals surface area contributed by atoms with Crippen molar-refractivity contribution in [3.8, 4) is 11.5 Å². The SMILES string of the molecule is CC(=O)c1ccc(N=Cc2ccccc2O)cc1.CC(=O)c1ccc(N=Cc2ccccc2O)cc1.CC(O)CC(C)O.[Co]. The number of carbonyl (C=O) groups is 2. The third-order valence-electron chi connectivity index (χ3n) is 5.81. The van der Waals surface area contributed by atoms with E-state index in [1.54, 1.807) is 111 Å². The van der Waals surface area contributed by atoms with Crippen molar-refractivity contribution in [1.29, 1.82) is 0 Å². The third-order valence-corrected chi connectivity index (χ3v) is 5.81. The molecule has 0 amide bonds. The van der Waals surface area contributed by atoms with Crippen LogP contribution >= 0.6 is 0 Å². The molecule has 4 N–H and O–H groups in total. The smallest absolute Gasteiger partial charge is 0.159 e. The van der Waals surface area contributed by atoms with Gasteiger partial charge in [-0.1, -0.05) is 24.3 Å². The van der Waals surface area contributed by atoms with Crippen LogP contribution in [0, 0.1) is 0 Å². The molecule has 4 rings (SSSR count). The van der Waals surface area contributed by atoms with Crippen molar-refractivity contribution in [2.24, 2.45) is 9.98 Å². The molecule has 0 aliphatic rings. The van der Waals surface area contributed by atoms with Gasteiger partial charge < -0.3 is 20.4 Å². The molecule has 0 spiro atoms. The van der Waals surface area contributed by atoms with Crippen LogP contribution in [0.25, 0.3) is 0 Å². The molecule has 233 valence electrons. The number of aliphatic imine (C=N–C) groups is 2. The molecule has 0 heterocycles. The van der Waals surface area contributed by atoms with Gasteiger partial charge in [-0.2, -0.15) is 0 Å². The number of ketones is 2. The van der Waals surface area contributed by atoms with Crippen LogP contribution in [-0.2, 0) is 16.8 Å². The first-order chi connectivity index (χ1) is 20.5. The summed E-state index contributed by atoms with van der Waals surface area (Å²) in [5.74, 6) is 0.459. The first-order valence-corrected chi connectivity index (χ1v) is 13.7. The summed E-state index contributed by atoms with van der Waals surface area (Å²) in [6.45, 7) is 6.38. The molecule has 0 aliphatic carbocycles. The van der Waals surface area contributed by atoms with Gasteiger partial charge in [0.05, 0.1) is 23.6 Å². The van der Waals surface area contributed by atoms with Gasteiger partial charge in [0.25, 0.3) is 0 Å². The van der Waals surface area contributed by atoms with E-state index in [-0.39, 0.29) is 52.1 Å². The Hall–Kier alpha value is -4.41. The number of Topliss-reactive ketones (excluding diaryl/α,β-unsaturated/α-hetero) is 2. The van der Waals surface area contributed by atoms with E-state index < -0.39 is 0 Å². The number of benzene rings is 4. The van der Waals surface area contributed by atoms with E-state index >= 15 is 0 Å². The number of hydrogen-bond donors (Lipinski definition) is 4. The van der Waals surface area contributed by atoms with Crippen molar-refractivity contribution in [2.75, 3.05) is 0 Å². The molecule has 0 saturated carbocycles. The van der Waals surface area contributed by atoms with Gasteiger partial charge in [0, 0.05) is 51.5 Å². The van der Waals surface area contributed by atoms with Gasteiger partial charge >= 0.3 is 0 Å². The first-order valence-electron chi connectivity index (χ1n) is 13.7. The second-order valence-corrected chi connectivity index (χ2v) is 9.77. The standard InChI is InChI=1S/2C15H13NO2.C5H12O2.Co/c2*1-11(17)12-6-8-14(9-7-12)16-10-13-4-2-3-5-15(13)18;1-4(6)3-5(2)7;/h2*2-10,18H,1H3;4-7H,3H2,1-2H3;. The zero-order valence-electron chi connectivity index (χ0n) is 25.1. The van der Waals surface area contributed by atoms with Crippen molar-refractivity contribution in [2.45, 2.75) is 46.3 Å². The molecular weight excluding hydrogens is 603 g/mol. The number of para-hydroxylation sites is 2. The van der Waals surface area contributed by atoms with Gasteiger partial charge in [0.2, 0.25) is 0 Å². The average molecular weight is 642 g/mol. The van der Waals surface area contributed by atoms with Gasteiger partial charge in [-0.3, -0.25) is 19.6 Å². The van der Waals surface area contributed by atoms with Crippen molar-refractivity contribution in [1.82, 2.24) is 0 Å². The Kier molecular flexibility index (Phi) is 16.9. The zero-order valence-corrected chi connectivity index (χ0v) is 26.1. The van der Waals surface area contributed by atoms with Gasteiger partial charge in [0.1, 0.15) is 11.5 Å². The van der Waals surface area contributed by atoms with Crippen LogP contribution in [-0.4, -0.2) is 56.6 Å². The maximum absolute atomic E-state index is 11.1. The number of phenols is 2. The average Bonchev–Trinajstić information content (AvgIpc) is 2.97. The molecule has 9 heteroatoms. The summed E-state index contributed by atoms with van der Waals surface area (Å²) in [4.78, 5) is 30.7. The molecule has 8 nitrogen and oxygen atoms in total. The molecule has 44 heavy (non-hydrogen) atoms. The van der Waals surface area contributed by atoms with Crippen LogP contribution in [0.5, 0.6) is 11.5 Å². The van der Waals surface area contributed by atoms with E-state index in [2.05, 4.69) is 9.98 Å². The molecule has 0 saturated heterocycles. The summed E-state index contributed by atoms with van der Waals surface area (Å²) in [6.07, 6.45) is 2.91. The molecule has 4 aromatic carbocycles. The summed E-state index contributed by atoms with van der Waals surface area (Å²) >= 11 is 0. The van der Waals surface area contributed by atoms with Gasteiger partial charge in [0.15, 0.2) is 11.6 Å². The van der Waals surface area contributed by atoms with Crippen molar-refractivity contribution < 1.29 is 46.8 Å². The predicted molar refractivity (Wildman–Crippen MR) is 172 cm³/mol. The number of hydrogen-bond acceptors (Lipinski definition) is 8. The number of carbonyl (C=O) groups excluding carboxylic acids is 2. The predicted octanol–water partition coefficient (Wildman–Crippen LogP) is 6.83. The van der Waals surface area contributed by atoms with E-state index in [4.69, 9.17) is 10.2 Å². The van der Waals surface area contributed by atoms with Crippen LogP contribution in [0.2, 0.25) is 0 Å². The van der Waals surface area contributed by atoms with Crippen LogP contribution in [0.4, 0.5) is 11.4 Å². The van der Waals surface area contributed by atoms with Gasteiger partial charge in [-0.15, -0.1) is 0 Å². The summed E-state index contributed by atoms with van der Waals surface area (Å²) in [6, 6.07) is 28.0. The minimum atomic E-state index is -0.375. The van der Waals surface area contributed by atoms with Crippen LogP contribution in [0.1, 0.15) is 66.0 Å². The topological polar surface area (TPSA) is 140 Å². The second-order valence-electron chi connectivity index (χ2n) is 9.77. The third kappa shape index (κ3) is 14.2. The number of aromatic hydroxyl groups is 2. The minimum Gasteiger partial charge on any atom is -0.507 e. The van der Waals surface area contributed by atoms with Crippen LogP contribution < -0.4 is 0 Å². The number of phenolic OH excluding ortho intramolecular Hbond substituents is 2. The van der Waals surface area contributed by atoms with Gasteiger partial charge in [-0.25, -0.2) is 0 Å². The van der Waals surface area contributed by atoms with E-state index in [1.165, 1.54) is 13.8 Å². The Morgan fingerprint density at radius 3 is 1.18 bits per heavy atom. The first kappa shape index (κ1) is 37.6. The molecule has 0 bridgehead atoms. The molecule has 0 aliphatic heterocycles. The molecule has 1 radical (unpaired) electrons. The summed E-state index contributed by atoms with van der Waals surface area (Å²) < 4.78 is 0.